The van der Waals surface area contributed by atoms with Crippen molar-refractivity contribution in [1.29, 1.82) is 0 Å². The van der Waals surface area contributed by atoms with Gasteiger partial charge in [0.05, 0.1) is 0 Å². The van der Waals surface area contributed by atoms with Crippen LogP contribution in [0.5, 0.6) is 0 Å². The average Bonchev–Trinajstić information content (AvgIpc) is 2.83. The molecule has 0 N–H and O–H groups in total. The summed E-state index contributed by atoms with van der Waals surface area (Å²) in [5.74, 6) is 0. The number of thiophene rings is 1. The number of nitrogens with zero attached hydrogens (tertiary/aromatic N) is 1. The molecule has 3 nitrogen and oxygen atoms in total. The summed E-state index contributed by atoms with van der Waals surface area (Å²) in [4.78, 5) is 0. The molecule has 0 atom stereocenters. The fraction of sp³-hybridized carbons (Fsp3) is 0.667. The van der Waals surface area contributed by atoms with Gasteiger partial charge in [-0.2, -0.15) is 4.31 Å². The van der Waals surface area contributed by atoms with E-state index in [9.17, 15) is 8.42 Å². The van der Waals surface area contributed by atoms with Gasteiger partial charge in [0, 0.05) is 13.1 Å². The molecule has 0 spiro atoms. The molecule has 0 aromatic carbocycles. The highest BCUT2D eigenvalue weighted by Gasteiger charge is 2.23. The average molecular weight is 275 g/mol. The van der Waals surface area contributed by atoms with Crippen LogP contribution in [0.2, 0.25) is 0 Å². The van der Waals surface area contributed by atoms with Crippen LogP contribution in [0.3, 0.4) is 0 Å². The van der Waals surface area contributed by atoms with E-state index in [0.29, 0.717) is 17.3 Å². The van der Waals surface area contributed by atoms with Gasteiger partial charge in [0.2, 0.25) is 0 Å². The molecule has 0 unspecified atom stereocenters. The SMILES string of the molecule is CCCCN(CCCC)S(=O)(=O)c1cccs1. The largest absolute Gasteiger partial charge is 0.252 e. The van der Waals surface area contributed by atoms with Crippen molar-refractivity contribution < 1.29 is 8.42 Å². The number of unbranched alkanes of at least 4 members (excludes halogenated alkanes) is 2. The van der Waals surface area contributed by atoms with E-state index in [1.54, 1.807) is 16.4 Å². The van der Waals surface area contributed by atoms with Gasteiger partial charge in [-0.25, -0.2) is 8.42 Å². The molecule has 1 aromatic heterocycles. The molecule has 0 saturated heterocycles. The first-order valence-electron chi connectivity index (χ1n) is 6.16. The highest BCUT2D eigenvalue weighted by molar-refractivity contribution is 7.91. The minimum absolute atomic E-state index is 0.463. The first kappa shape index (κ1) is 14.7. The van der Waals surface area contributed by atoms with Crippen LogP contribution in [0.4, 0.5) is 0 Å². The summed E-state index contributed by atoms with van der Waals surface area (Å²) < 4.78 is 26.8. The second-order valence-corrected chi connectivity index (χ2v) is 7.16. The second-order valence-electron chi connectivity index (χ2n) is 4.04. The van der Waals surface area contributed by atoms with Gasteiger partial charge in [-0.1, -0.05) is 32.8 Å². The van der Waals surface area contributed by atoms with Crippen molar-refractivity contribution in [3.63, 3.8) is 0 Å². The molecule has 0 bridgehead atoms. The van der Waals surface area contributed by atoms with Gasteiger partial charge < -0.3 is 0 Å². The molecular formula is C12H21NO2S2. The van der Waals surface area contributed by atoms with Crippen molar-refractivity contribution in [2.75, 3.05) is 13.1 Å². The molecular weight excluding hydrogens is 254 g/mol. The quantitative estimate of drug-likeness (QED) is 0.729. The van der Waals surface area contributed by atoms with E-state index >= 15 is 0 Å². The zero-order valence-corrected chi connectivity index (χ0v) is 12.2. The fourth-order valence-corrected chi connectivity index (χ4v) is 4.22. The molecule has 98 valence electrons. The van der Waals surface area contributed by atoms with Crippen molar-refractivity contribution in [2.24, 2.45) is 0 Å². The van der Waals surface area contributed by atoms with Crippen LogP contribution in [-0.2, 0) is 10.0 Å². The normalized spacial score (nSPS) is 12.2. The van der Waals surface area contributed by atoms with E-state index in [1.807, 2.05) is 5.38 Å². The van der Waals surface area contributed by atoms with Crippen molar-refractivity contribution in [1.82, 2.24) is 4.31 Å². The summed E-state index contributed by atoms with van der Waals surface area (Å²) in [6.07, 6.45) is 3.88. The van der Waals surface area contributed by atoms with Gasteiger partial charge in [-0.3, -0.25) is 0 Å². The lowest BCUT2D eigenvalue weighted by atomic mass is 10.3. The topological polar surface area (TPSA) is 37.4 Å². The summed E-state index contributed by atoms with van der Waals surface area (Å²) >= 11 is 1.30. The van der Waals surface area contributed by atoms with Gasteiger partial charge in [0.1, 0.15) is 4.21 Å². The summed E-state index contributed by atoms with van der Waals surface area (Å²) in [6, 6.07) is 3.47. The minimum atomic E-state index is -3.25. The molecule has 0 aliphatic rings. The molecule has 0 amide bonds. The van der Waals surface area contributed by atoms with E-state index in [4.69, 9.17) is 0 Å². The van der Waals surface area contributed by atoms with Crippen LogP contribution in [0, 0.1) is 0 Å². The Labute approximate surface area is 109 Å². The maximum Gasteiger partial charge on any atom is 0.252 e. The maximum absolute atomic E-state index is 12.3. The highest BCUT2D eigenvalue weighted by Crippen LogP contribution is 2.21. The van der Waals surface area contributed by atoms with Crippen LogP contribution in [0.1, 0.15) is 39.5 Å². The molecule has 17 heavy (non-hydrogen) atoms. The Hall–Kier alpha value is -0.390. The van der Waals surface area contributed by atoms with E-state index in [-0.39, 0.29) is 0 Å². The minimum Gasteiger partial charge on any atom is -0.206 e. The Bertz CT molecular complexity index is 390. The lowest BCUT2D eigenvalue weighted by Crippen LogP contribution is -2.32. The number of hydrogen-bond acceptors (Lipinski definition) is 3. The Morgan fingerprint density at radius 2 is 1.76 bits per heavy atom. The predicted molar refractivity (Wildman–Crippen MR) is 72.9 cm³/mol. The fourth-order valence-electron chi connectivity index (χ4n) is 1.56. The molecule has 0 aliphatic carbocycles. The third kappa shape index (κ3) is 4.08. The second kappa shape index (κ2) is 7.13. The highest BCUT2D eigenvalue weighted by atomic mass is 32.2. The van der Waals surface area contributed by atoms with E-state index in [1.165, 1.54) is 11.3 Å². The molecule has 1 rings (SSSR count). The van der Waals surface area contributed by atoms with Crippen molar-refractivity contribution in [3.05, 3.63) is 17.5 Å². The maximum atomic E-state index is 12.3. The Morgan fingerprint density at radius 1 is 1.18 bits per heavy atom. The molecule has 0 radical (unpaired) electrons. The zero-order chi connectivity index (χ0) is 12.7. The van der Waals surface area contributed by atoms with Crippen LogP contribution in [-0.4, -0.2) is 25.8 Å². The van der Waals surface area contributed by atoms with E-state index in [0.717, 1.165) is 25.7 Å². The third-order valence-corrected chi connectivity index (χ3v) is 5.88. The summed E-state index contributed by atoms with van der Waals surface area (Å²) in [5.41, 5.74) is 0. The Balaban J connectivity index is 2.80. The molecule has 0 fully saturated rings. The van der Waals surface area contributed by atoms with Crippen LogP contribution in [0.15, 0.2) is 21.7 Å². The molecule has 5 heteroatoms. The van der Waals surface area contributed by atoms with Crippen LogP contribution in [0.25, 0.3) is 0 Å². The molecule has 0 aliphatic heterocycles. The lowest BCUT2D eigenvalue weighted by Gasteiger charge is -2.20. The van der Waals surface area contributed by atoms with Crippen LogP contribution < -0.4 is 0 Å². The Morgan fingerprint density at radius 3 is 2.18 bits per heavy atom. The standard InChI is InChI=1S/C12H21NO2S2/c1-3-5-9-13(10-6-4-2)17(14,15)12-8-7-11-16-12/h7-8,11H,3-6,9-10H2,1-2H3. The number of sulfonamides is 1. The Kier molecular flexibility index (Phi) is 6.16. The van der Waals surface area contributed by atoms with Gasteiger partial charge in [0.25, 0.3) is 10.0 Å². The van der Waals surface area contributed by atoms with Gasteiger partial charge in [0.15, 0.2) is 0 Å². The van der Waals surface area contributed by atoms with E-state index in [2.05, 4.69) is 13.8 Å². The first-order valence-corrected chi connectivity index (χ1v) is 8.48. The molecule has 1 heterocycles. The van der Waals surface area contributed by atoms with Gasteiger partial charge in [-0.15, -0.1) is 11.3 Å². The molecule has 1 aromatic rings. The van der Waals surface area contributed by atoms with Gasteiger partial charge >= 0.3 is 0 Å². The lowest BCUT2D eigenvalue weighted by molar-refractivity contribution is 0.396. The van der Waals surface area contributed by atoms with Gasteiger partial charge in [-0.05, 0) is 24.3 Å². The summed E-state index contributed by atoms with van der Waals surface area (Å²) in [5, 5.41) is 1.81. The number of rotatable bonds is 8. The predicted octanol–water partition coefficient (Wildman–Crippen LogP) is 3.34. The third-order valence-electron chi connectivity index (χ3n) is 2.61. The first-order chi connectivity index (χ1) is 8.12. The summed E-state index contributed by atoms with van der Waals surface area (Å²) in [7, 11) is -3.25. The smallest absolute Gasteiger partial charge is 0.206 e. The zero-order valence-electron chi connectivity index (χ0n) is 10.6. The van der Waals surface area contributed by atoms with Crippen molar-refractivity contribution >= 4 is 21.4 Å². The summed E-state index contributed by atoms with van der Waals surface area (Å²) in [6.45, 7) is 5.43. The van der Waals surface area contributed by atoms with Crippen LogP contribution >= 0.6 is 11.3 Å². The van der Waals surface area contributed by atoms with E-state index < -0.39 is 10.0 Å². The molecule has 0 saturated carbocycles. The van der Waals surface area contributed by atoms with Crippen molar-refractivity contribution in [3.8, 4) is 0 Å². The number of hydrogen-bond donors (Lipinski definition) is 0. The monoisotopic (exact) mass is 275 g/mol. The van der Waals surface area contributed by atoms with Crippen molar-refractivity contribution in [2.45, 2.75) is 43.7 Å².